The number of likely N-dealkylation sites (tertiary alicyclic amines) is 1. The Morgan fingerprint density at radius 1 is 1.40 bits per heavy atom. The number of phenols is 1. The molecule has 0 aromatic heterocycles. The number of nitrogens with zero attached hydrogens (tertiary/aromatic N) is 1. The van der Waals surface area contributed by atoms with Gasteiger partial charge in [-0.3, -0.25) is 4.90 Å². The lowest BCUT2D eigenvalue weighted by molar-refractivity contribution is 0.240. The average molecular weight is 295 g/mol. The number of aromatic hydroxyl groups is 1. The average Bonchev–Trinajstić information content (AvgIpc) is 2.42. The number of phenolic OH excluding ortho intramolecular Hbond substituents is 1. The Morgan fingerprint density at radius 2 is 2.10 bits per heavy atom. The van der Waals surface area contributed by atoms with Crippen LogP contribution >= 0.6 is 11.6 Å². The van der Waals surface area contributed by atoms with Gasteiger partial charge in [0.1, 0.15) is 5.75 Å². The van der Waals surface area contributed by atoms with Crippen molar-refractivity contribution in [3.8, 4) is 5.75 Å². The quantitative estimate of drug-likeness (QED) is 0.653. The Kier molecular flexibility index (Phi) is 5.32. The number of piperidine rings is 1. The van der Waals surface area contributed by atoms with Gasteiger partial charge in [0.05, 0.1) is 5.02 Å². The van der Waals surface area contributed by atoms with Crippen molar-refractivity contribution in [2.75, 3.05) is 25.0 Å². The molecule has 1 aromatic rings. The number of hydrogen-bond donors (Lipinski definition) is 2. The summed E-state index contributed by atoms with van der Waals surface area (Å²) in [6.45, 7) is 7.58. The van der Waals surface area contributed by atoms with Crippen LogP contribution in [-0.4, -0.2) is 35.7 Å². The van der Waals surface area contributed by atoms with Crippen molar-refractivity contribution in [1.29, 1.82) is 0 Å². The van der Waals surface area contributed by atoms with E-state index >= 15 is 0 Å². The van der Waals surface area contributed by atoms with Crippen molar-refractivity contribution in [1.82, 2.24) is 4.90 Å². The Labute approximate surface area is 126 Å². The summed E-state index contributed by atoms with van der Waals surface area (Å²) < 4.78 is 0. The number of allylic oxidation sites excluding steroid dienone is 1. The molecule has 1 fully saturated rings. The monoisotopic (exact) mass is 294 g/mol. The van der Waals surface area contributed by atoms with Gasteiger partial charge in [0.2, 0.25) is 0 Å². The van der Waals surface area contributed by atoms with Crippen molar-refractivity contribution in [2.45, 2.75) is 32.7 Å². The zero-order valence-electron chi connectivity index (χ0n) is 12.2. The second-order valence-electron chi connectivity index (χ2n) is 5.67. The zero-order chi connectivity index (χ0) is 14.5. The number of hydrogen-bond acceptors (Lipinski definition) is 3. The Hall–Kier alpha value is -1.19. The summed E-state index contributed by atoms with van der Waals surface area (Å²) in [5.41, 5.74) is 2.36. The van der Waals surface area contributed by atoms with Gasteiger partial charge < -0.3 is 10.4 Å². The van der Waals surface area contributed by atoms with Crippen LogP contribution in [0.5, 0.6) is 5.75 Å². The Morgan fingerprint density at radius 3 is 2.70 bits per heavy atom. The van der Waals surface area contributed by atoms with Gasteiger partial charge in [-0.25, -0.2) is 0 Å². The van der Waals surface area contributed by atoms with Crippen molar-refractivity contribution >= 4 is 17.3 Å². The van der Waals surface area contributed by atoms with Crippen LogP contribution in [-0.2, 0) is 0 Å². The van der Waals surface area contributed by atoms with Gasteiger partial charge in [0.15, 0.2) is 0 Å². The van der Waals surface area contributed by atoms with Crippen LogP contribution in [0, 0.1) is 0 Å². The molecule has 0 saturated carbocycles. The highest BCUT2D eigenvalue weighted by Crippen LogP contribution is 2.27. The summed E-state index contributed by atoms with van der Waals surface area (Å²) in [4.78, 5) is 2.48. The second-order valence-corrected chi connectivity index (χ2v) is 6.07. The molecule has 0 unspecified atom stereocenters. The number of anilines is 1. The molecule has 0 radical (unpaired) electrons. The van der Waals surface area contributed by atoms with Gasteiger partial charge in [-0.05, 0) is 44.9 Å². The molecule has 1 aliphatic rings. The maximum absolute atomic E-state index is 9.42. The third-order valence-electron chi connectivity index (χ3n) is 3.66. The molecular formula is C16H23ClN2O. The molecule has 0 bridgehead atoms. The van der Waals surface area contributed by atoms with Gasteiger partial charge in [0, 0.05) is 31.4 Å². The highest BCUT2D eigenvalue weighted by Gasteiger charge is 2.18. The number of halogens is 1. The van der Waals surface area contributed by atoms with E-state index in [0.717, 1.165) is 38.2 Å². The van der Waals surface area contributed by atoms with E-state index in [1.807, 2.05) is 6.07 Å². The molecule has 0 amide bonds. The van der Waals surface area contributed by atoms with Crippen LogP contribution in [0.15, 0.2) is 29.8 Å². The molecule has 3 nitrogen and oxygen atoms in total. The molecule has 0 spiro atoms. The van der Waals surface area contributed by atoms with E-state index in [1.54, 1.807) is 12.1 Å². The SMILES string of the molecule is CC(C)=CCN1CCC(Nc2ccc(O)c(Cl)c2)CC1. The van der Waals surface area contributed by atoms with Crippen LogP contribution in [0.25, 0.3) is 0 Å². The lowest BCUT2D eigenvalue weighted by Crippen LogP contribution is -2.39. The van der Waals surface area contributed by atoms with Gasteiger partial charge in [-0.2, -0.15) is 0 Å². The zero-order valence-corrected chi connectivity index (χ0v) is 13.0. The minimum atomic E-state index is 0.133. The van der Waals surface area contributed by atoms with E-state index < -0.39 is 0 Å². The molecule has 1 aromatic carbocycles. The molecule has 20 heavy (non-hydrogen) atoms. The van der Waals surface area contributed by atoms with E-state index in [9.17, 15) is 5.11 Å². The molecule has 1 saturated heterocycles. The van der Waals surface area contributed by atoms with Crippen molar-refractivity contribution in [2.24, 2.45) is 0 Å². The van der Waals surface area contributed by atoms with E-state index in [2.05, 4.69) is 30.1 Å². The minimum Gasteiger partial charge on any atom is -0.506 e. The fourth-order valence-corrected chi connectivity index (χ4v) is 2.58. The third-order valence-corrected chi connectivity index (χ3v) is 3.97. The second kappa shape index (κ2) is 7.00. The molecule has 2 N–H and O–H groups in total. The maximum Gasteiger partial charge on any atom is 0.134 e. The fourth-order valence-electron chi connectivity index (χ4n) is 2.40. The largest absolute Gasteiger partial charge is 0.506 e. The topological polar surface area (TPSA) is 35.5 Å². The molecule has 1 heterocycles. The Bertz CT molecular complexity index is 475. The third kappa shape index (κ3) is 4.43. The summed E-state index contributed by atoms with van der Waals surface area (Å²) >= 11 is 5.92. The first-order chi connectivity index (χ1) is 9.54. The standard InChI is InChI=1S/C16H23ClN2O/c1-12(2)5-8-19-9-6-13(7-10-19)18-14-3-4-16(20)15(17)11-14/h3-5,11,13,18,20H,6-10H2,1-2H3. The summed E-state index contributed by atoms with van der Waals surface area (Å²) in [7, 11) is 0. The predicted molar refractivity (Wildman–Crippen MR) is 85.6 cm³/mol. The fraction of sp³-hybridized carbons (Fsp3) is 0.500. The van der Waals surface area contributed by atoms with Crippen molar-refractivity contribution < 1.29 is 5.11 Å². The van der Waals surface area contributed by atoms with E-state index in [-0.39, 0.29) is 5.75 Å². The molecule has 2 rings (SSSR count). The minimum absolute atomic E-state index is 0.133. The Balaban J connectivity index is 1.82. The van der Waals surface area contributed by atoms with Crippen molar-refractivity contribution in [3.63, 3.8) is 0 Å². The predicted octanol–water partition coefficient (Wildman–Crippen LogP) is 3.89. The van der Waals surface area contributed by atoms with Gasteiger partial charge in [-0.15, -0.1) is 0 Å². The molecule has 0 atom stereocenters. The van der Waals surface area contributed by atoms with E-state index in [1.165, 1.54) is 5.57 Å². The normalized spacial score (nSPS) is 16.9. The highest BCUT2D eigenvalue weighted by atomic mass is 35.5. The first kappa shape index (κ1) is 15.2. The maximum atomic E-state index is 9.42. The first-order valence-electron chi connectivity index (χ1n) is 7.15. The number of rotatable bonds is 4. The summed E-state index contributed by atoms with van der Waals surface area (Å²) in [5, 5.41) is 13.3. The van der Waals surface area contributed by atoms with E-state index in [0.29, 0.717) is 11.1 Å². The van der Waals surface area contributed by atoms with Gasteiger partial charge >= 0.3 is 0 Å². The van der Waals surface area contributed by atoms with Crippen molar-refractivity contribution in [3.05, 3.63) is 34.9 Å². The lowest BCUT2D eigenvalue weighted by Gasteiger charge is -2.32. The lowest BCUT2D eigenvalue weighted by atomic mass is 10.0. The molecule has 110 valence electrons. The highest BCUT2D eigenvalue weighted by molar-refractivity contribution is 6.32. The number of nitrogens with one attached hydrogen (secondary N) is 1. The van der Waals surface area contributed by atoms with Crippen LogP contribution in [0.3, 0.4) is 0 Å². The van der Waals surface area contributed by atoms with Gasteiger partial charge in [-0.1, -0.05) is 23.3 Å². The molecule has 1 aliphatic heterocycles. The molecule has 0 aliphatic carbocycles. The smallest absolute Gasteiger partial charge is 0.134 e. The summed E-state index contributed by atoms with van der Waals surface area (Å²) in [6, 6.07) is 5.77. The molecular weight excluding hydrogens is 272 g/mol. The van der Waals surface area contributed by atoms with Crippen LogP contribution in [0.1, 0.15) is 26.7 Å². The summed E-state index contributed by atoms with van der Waals surface area (Å²) in [5.74, 6) is 0.133. The first-order valence-corrected chi connectivity index (χ1v) is 7.53. The van der Waals surface area contributed by atoms with Crippen LogP contribution in [0.2, 0.25) is 5.02 Å². The number of benzene rings is 1. The van der Waals surface area contributed by atoms with E-state index in [4.69, 9.17) is 11.6 Å². The van der Waals surface area contributed by atoms with Crippen LogP contribution < -0.4 is 5.32 Å². The van der Waals surface area contributed by atoms with Crippen LogP contribution in [0.4, 0.5) is 5.69 Å². The molecule has 4 heteroatoms. The summed E-state index contributed by atoms with van der Waals surface area (Å²) in [6.07, 6.45) is 4.55. The van der Waals surface area contributed by atoms with Gasteiger partial charge in [0.25, 0.3) is 0 Å².